The molecular weight excluding hydrogens is 232 g/mol. The molecular formula is C13H16N2O3. The summed E-state index contributed by atoms with van der Waals surface area (Å²) in [6, 6.07) is 5.51. The van der Waals surface area contributed by atoms with Crippen molar-refractivity contribution in [2.75, 3.05) is 0 Å². The van der Waals surface area contributed by atoms with E-state index in [2.05, 4.69) is 5.16 Å². The van der Waals surface area contributed by atoms with Crippen LogP contribution in [0.25, 0.3) is 0 Å². The predicted octanol–water partition coefficient (Wildman–Crippen LogP) is 1.45. The van der Waals surface area contributed by atoms with Gasteiger partial charge >= 0.3 is 0 Å². The van der Waals surface area contributed by atoms with Gasteiger partial charge in [0.25, 0.3) is 5.91 Å². The van der Waals surface area contributed by atoms with Crippen molar-refractivity contribution in [1.29, 1.82) is 0 Å². The van der Waals surface area contributed by atoms with Crippen LogP contribution in [0.3, 0.4) is 0 Å². The van der Waals surface area contributed by atoms with Crippen molar-refractivity contribution in [3.05, 3.63) is 29.3 Å². The van der Waals surface area contributed by atoms with E-state index in [0.717, 1.165) is 17.5 Å². The van der Waals surface area contributed by atoms with E-state index >= 15 is 0 Å². The van der Waals surface area contributed by atoms with Gasteiger partial charge in [-0.05, 0) is 25.3 Å². The average Bonchev–Trinajstić information content (AvgIpc) is 2.79. The second kappa shape index (κ2) is 5.08. The van der Waals surface area contributed by atoms with Crippen molar-refractivity contribution in [1.82, 2.24) is 0 Å². The molecule has 5 nitrogen and oxygen atoms in total. The SMILES string of the molecule is CCC(Oc1cccc2c1CCC2=NO)C(N)=O. The van der Waals surface area contributed by atoms with E-state index in [4.69, 9.17) is 15.7 Å². The van der Waals surface area contributed by atoms with Crippen molar-refractivity contribution < 1.29 is 14.7 Å². The molecule has 96 valence electrons. The molecule has 1 atom stereocenters. The molecule has 0 heterocycles. The number of carbonyl (C=O) groups is 1. The molecule has 0 aliphatic heterocycles. The minimum absolute atomic E-state index is 0.468. The van der Waals surface area contributed by atoms with Gasteiger partial charge in [-0.1, -0.05) is 24.2 Å². The Morgan fingerprint density at radius 3 is 2.94 bits per heavy atom. The van der Waals surface area contributed by atoms with E-state index in [0.29, 0.717) is 24.3 Å². The van der Waals surface area contributed by atoms with E-state index in [1.54, 1.807) is 0 Å². The molecule has 1 unspecified atom stereocenters. The Hall–Kier alpha value is -2.04. The molecule has 0 radical (unpaired) electrons. The molecule has 0 bridgehead atoms. The lowest BCUT2D eigenvalue weighted by Crippen LogP contribution is -2.33. The summed E-state index contributed by atoms with van der Waals surface area (Å²) < 4.78 is 5.65. The molecule has 0 aromatic heterocycles. The third-order valence-corrected chi connectivity index (χ3v) is 3.13. The van der Waals surface area contributed by atoms with Crippen LogP contribution in [0.5, 0.6) is 5.75 Å². The second-order valence-corrected chi connectivity index (χ2v) is 4.25. The molecule has 18 heavy (non-hydrogen) atoms. The van der Waals surface area contributed by atoms with Gasteiger partial charge in [-0.3, -0.25) is 4.79 Å². The summed E-state index contributed by atoms with van der Waals surface area (Å²) in [6.07, 6.45) is 1.34. The van der Waals surface area contributed by atoms with Gasteiger partial charge < -0.3 is 15.7 Å². The van der Waals surface area contributed by atoms with E-state index < -0.39 is 12.0 Å². The van der Waals surface area contributed by atoms with Crippen molar-refractivity contribution in [3.8, 4) is 5.75 Å². The number of nitrogens with two attached hydrogens (primary N) is 1. The van der Waals surface area contributed by atoms with Gasteiger partial charge in [-0.25, -0.2) is 0 Å². The average molecular weight is 248 g/mol. The summed E-state index contributed by atoms with van der Waals surface area (Å²) in [5.41, 5.74) is 7.78. The fraction of sp³-hybridized carbons (Fsp3) is 0.385. The minimum Gasteiger partial charge on any atom is -0.480 e. The number of oxime groups is 1. The summed E-state index contributed by atoms with van der Waals surface area (Å²) in [5.74, 6) is 0.181. The lowest BCUT2D eigenvalue weighted by atomic mass is 10.1. The lowest BCUT2D eigenvalue weighted by Gasteiger charge is -2.16. The summed E-state index contributed by atoms with van der Waals surface area (Å²) in [5, 5.41) is 12.2. The fourth-order valence-corrected chi connectivity index (χ4v) is 2.18. The van der Waals surface area contributed by atoms with Crippen LogP contribution in [0.15, 0.2) is 23.4 Å². The van der Waals surface area contributed by atoms with Crippen LogP contribution >= 0.6 is 0 Å². The van der Waals surface area contributed by atoms with E-state index in [1.165, 1.54) is 0 Å². The summed E-state index contributed by atoms with van der Waals surface area (Å²) in [6.45, 7) is 1.85. The zero-order valence-corrected chi connectivity index (χ0v) is 10.2. The molecule has 0 fully saturated rings. The van der Waals surface area contributed by atoms with Gasteiger partial charge in [0, 0.05) is 11.1 Å². The number of primary amides is 1. The molecule has 2 rings (SSSR count). The predicted molar refractivity (Wildman–Crippen MR) is 67.0 cm³/mol. The molecule has 1 aromatic rings. The van der Waals surface area contributed by atoms with E-state index in [-0.39, 0.29) is 0 Å². The highest BCUT2D eigenvalue weighted by Crippen LogP contribution is 2.31. The third-order valence-electron chi connectivity index (χ3n) is 3.13. The molecule has 5 heteroatoms. The third kappa shape index (κ3) is 2.16. The Balaban J connectivity index is 2.31. The number of fused-ring (bicyclic) bond motifs is 1. The first-order valence-corrected chi connectivity index (χ1v) is 5.96. The highest BCUT2D eigenvalue weighted by Gasteiger charge is 2.24. The van der Waals surface area contributed by atoms with Gasteiger partial charge in [-0.2, -0.15) is 0 Å². The van der Waals surface area contributed by atoms with E-state index in [1.807, 2.05) is 25.1 Å². The van der Waals surface area contributed by atoms with Crippen LogP contribution in [0, 0.1) is 0 Å². The number of benzene rings is 1. The maximum atomic E-state index is 11.2. The molecule has 0 saturated carbocycles. The van der Waals surface area contributed by atoms with Crippen LogP contribution < -0.4 is 10.5 Å². The zero-order valence-electron chi connectivity index (χ0n) is 10.2. The quantitative estimate of drug-likeness (QED) is 0.624. The number of ether oxygens (including phenoxy) is 1. The summed E-state index contributed by atoms with van der Waals surface area (Å²) in [4.78, 5) is 11.2. The first-order chi connectivity index (χ1) is 8.67. The molecule has 0 spiro atoms. The number of hydrogen-bond acceptors (Lipinski definition) is 4. The number of rotatable bonds is 4. The smallest absolute Gasteiger partial charge is 0.258 e. The Bertz CT molecular complexity index is 497. The Kier molecular flexibility index (Phi) is 3.50. The van der Waals surface area contributed by atoms with Crippen molar-refractivity contribution in [3.63, 3.8) is 0 Å². The van der Waals surface area contributed by atoms with Gasteiger partial charge in [-0.15, -0.1) is 0 Å². The maximum Gasteiger partial charge on any atom is 0.258 e. The molecule has 1 aromatic carbocycles. The van der Waals surface area contributed by atoms with Gasteiger partial charge in [0.15, 0.2) is 6.10 Å². The molecule has 0 saturated heterocycles. The summed E-state index contributed by atoms with van der Waals surface area (Å²) in [7, 11) is 0. The zero-order chi connectivity index (χ0) is 13.1. The topological polar surface area (TPSA) is 84.9 Å². The van der Waals surface area contributed by atoms with Crippen LogP contribution in [-0.2, 0) is 11.2 Å². The van der Waals surface area contributed by atoms with Crippen molar-refractivity contribution in [2.24, 2.45) is 10.9 Å². The number of hydrogen-bond donors (Lipinski definition) is 2. The van der Waals surface area contributed by atoms with Crippen LogP contribution in [0.4, 0.5) is 0 Å². The molecule has 1 aliphatic rings. The highest BCUT2D eigenvalue weighted by molar-refractivity contribution is 6.04. The Morgan fingerprint density at radius 2 is 2.33 bits per heavy atom. The minimum atomic E-state index is -0.619. The first kappa shape index (κ1) is 12.4. The van der Waals surface area contributed by atoms with Crippen LogP contribution in [0.2, 0.25) is 0 Å². The lowest BCUT2D eigenvalue weighted by molar-refractivity contribution is -0.124. The fourth-order valence-electron chi connectivity index (χ4n) is 2.18. The molecule has 3 N–H and O–H groups in total. The Morgan fingerprint density at radius 1 is 1.56 bits per heavy atom. The van der Waals surface area contributed by atoms with Crippen LogP contribution in [0.1, 0.15) is 30.9 Å². The Labute approximate surface area is 105 Å². The standard InChI is InChI=1S/C13H16N2O3/c1-2-11(13(14)16)18-12-5-3-4-8-9(12)6-7-10(8)15-17/h3-5,11,17H,2,6-7H2,1H3,(H2,14,16). The number of amides is 1. The van der Waals surface area contributed by atoms with Crippen molar-refractivity contribution >= 4 is 11.6 Å². The monoisotopic (exact) mass is 248 g/mol. The van der Waals surface area contributed by atoms with E-state index in [9.17, 15) is 4.79 Å². The van der Waals surface area contributed by atoms with Crippen LogP contribution in [-0.4, -0.2) is 22.9 Å². The van der Waals surface area contributed by atoms with Gasteiger partial charge in [0.1, 0.15) is 5.75 Å². The summed E-state index contributed by atoms with van der Waals surface area (Å²) >= 11 is 0. The largest absolute Gasteiger partial charge is 0.480 e. The second-order valence-electron chi connectivity index (χ2n) is 4.25. The normalized spacial score (nSPS) is 17.5. The number of carbonyl (C=O) groups excluding carboxylic acids is 1. The molecule has 1 amide bonds. The number of nitrogens with zero attached hydrogens (tertiary/aromatic N) is 1. The van der Waals surface area contributed by atoms with Crippen molar-refractivity contribution in [2.45, 2.75) is 32.3 Å². The first-order valence-electron chi connectivity index (χ1n) is 5.96. The highest BCUT2D eigenvalue weighted by atomic mass is 16.5. The maximum absolute atomic E-state index is 11.2. The molecule has 1 aliphatic carbocycles. The van der Waals surface area contributed by atoms with Gasteiger partial charge in [0.2, 0.25) is 0 Å². The van der Waals surface area contributed by atoms with Gasteiger partial charge in [0.05, 0.1) is 5.71 Å².